The molecule has 0 unspecified atom stereocenters. The highest BCUT2D eigenvalue weighted by Crippen LogP contribution is 2.27. The van der Waals surface area contributed by atoms with Crippen LogP contribution in [0.15, 0.2) is 24.3 Å². The number of carbonyl (C=O) groups is 2. The van der Waals surface area contributed by atoms with Crippen molar-refractivity contribution in [3.05, 3.63) is 29.8 Å². The molecule has 0 aliphatic heterocycles. The fourth-order valence-electron chi connectivity index (χ4n) is 3.41. The van der Waals surface area contributed by atoms with Crippen LogP contribution in [0.2, 0.25) is 0 Å². The molecule has 0 radical (unpaired) electrons. The van der Waals surface area contributed by atoms with Gasteiger partial charge >= 0.3 is 5.97 Å². The van der Waals surface area contributed by atoms with E-state index in [4.69, 9.17) is 0 Å². The number of anilines is 1. The van der Waals surface area contributed by atoms with Crippen molar-refractivity contribution in [3.63, 3.8) is 0 Å². The summed E-state index contributed by atoms with van der Waals surface area (Å²) in [6.07, 6.45) is 4.53. The minimum Gasteiger partial charge on any atom is -0.469 e. The molecule has 30 heavy (non-hydrogen) atoms. The van der Waals surface area contributed by atoms with Gasteiger partial charge in [0.2, 0.25) is 15.9 Å². The summed E-state index contributed by atoms with van der Waals surface area (Å²) < 4.78 is 31.2. The SMILES string of the molecule is COC(=O)CCCc1ccc(NC(=O)[C@H]2CC[C@H](NS(=O)(=O)C(C)(C)C)CC2)cc1. The Morgan fingerprint density at radius 2 is 1.67 bits per heavy atom. The number of carbonyl (C=O) groups excluding carboxylic acids is 2. The van der Waals surface area contributed by atoms with Gasteiger partial charge in [0.1, 0.15) is 0 Å². The predicted molar refractivity (Wildman–Crippen MR) is 118 cm³/mol. The van der Waals surface area contributed by atoms with E-state index >= 15 is 0 Å². The van der Waals surface area contributed by atoms with Gasteiger partial charge in [0.25, 0.3) is 0 Å². The van der Waals surface area contributed by atoms with Crippen molar-refractivity contribution in [2.75, 3.05) is 12.4 Å². The number of sulfonamides is 1. The molecule has 0 bridgehead atoms. The first kappa shape index (κ1) is 24.3. The van der Waals surface area contributed by atoms with Gasteiger partial charge in [0.15, 0.2) is 0 Å². The molecule has 1 amide bonds. The van der Waals surface area contributed by atoms with Crippen molar-refractivity contribution in [1.82, 2.24) is 4.72 Å². The largest absolute Gasteiger partial charge is 0.469 e. The van der Waals surface area contributed by atoms with Crippen LogP contribution in [0.4, 0.5) is 5.69 Å². The van der Waals surface area contributed by atoms with Crippen LogP contribution in [0.1, 0.15) is 64.9 Å². The molecule has 0 saturated heterocycles. The molecule has 168 valence electrons. The highest BCUT2D eigenvalue weighted by atomic mass is 32.2. The number of methoxy groups -OCH3 is 1. The molecule has 1 aliphatic carbocycles. The number of nitrogens with one attached hydrogen (secondary N) is 2. The molecule has 0 aromatic heterocycles. The van der Waals surface area contributed by atoms with E-state index in [2.05, 4.69) is 14.8 Å². The van der Waals surface area contributed by atoms with Crippen LogP contribution in [0.3, 0.4) is 0 Å². The van der Waals surface area contributed by atoms with Crippen LogP contribution in [0.25, 0.3) is 0 Å². The third kappa shape index (κ3) is 7.09. The van der Waals surface area contributed by atoms with Crippen LogP contribution >= 0.6 is 0 Å². The molecular weight excluding hydrogens is 404 g/mol. The topological polar surface area (TPSA) is 102 Å². The molecule has 2 rings (SSSR count). The molecule has 2 N–H and O–H groups in total. The number of esters is 1. The first-order valence-corrected chi connectivity index (χ1v) is 12.0. The van der Waals surface area contributed by atoms with Gasteiger partial charge in [-0.25, -0.2) is 13.1 Å². The summed E-state index contributed by atoms with van der Waals surface area (Å²) in [6, 6.07) is 7.53. The van der Waals surface area contributed by atoms with Crippen molar-refractivity contribution in [2.24, 2.45) is 5.92 Å². The second-order valence-corrected chi connectivity index (χ2v) is 11.4. The Morgan fingerprint density at radius 1 is 1.07 bits per heavy atom. The molecular formula is C22H34N2O5S. The number of benzene rings is 1. The highest BCUT2D eigenvalue weighted by Gasteiger charge is 2.34. The summed E-state index contributed by atoms with van der Waals surface area (Å²) in [4.78, 5) is 23.7. The lowest BCUT2D eigenvalue weighted by Crippen LogP contribution is -2.46. The normalized spacial score (nSPS) is 19.9. The first-order chi connectivity index (χ1) is 14.0. The Kier molecular flexibility index (Phi) is 8.43. The average molecular weight is 439 g/mol. The number of rotatable bonds is 8. The minimum absolute atomic E-state index is 0.0226. The number of ether oxygens (including phenoxy) is 1. The molecule has 1 aromatic rings. The van der Waals surface area contributed by atoms with E-state index in [1.54, 1.807) is 20.8 Å². The fraction of sp³-hybridized carbons (Fsp3) is 0.636. The van der Waals surface area contributed by atoms with Crippen molar-refractivity contribution >= 4 is 27.6 Å². The summed E-state index contributed by atoms with van der Waals surface area (Å²) in [5, 5.41) is 2.96. The summed E-state index contributed by atoms with van der Waals surface area (Å²) in [5.74, 6) is -0.342. The molecule has 1 saturated carbocycles. The number of aryl methyl sites for hydroxylation is 1. The van der Waals surface area contributed by atoms with Crippen LogP contribution in [-0.4, -0.2) is 38.2 Å². The van der Waals surface area contributed by atoms with Crippen LogP contribution < -0.4 is 10.0 Å². The number of hydrogen-bond acceptors (Lipinski definition) is 5. The molecule has 1 aliphatic rings. The monoisotopic (exact) mass is 438 g/mol. The zero-order valence-electron chi connectivity index (χ0n) is 18.4. The third-order valence-electron chi connectivity index (χ3n) is 5.52. The second kappa shape index (κ2) is 10.4. The van der Waals surface area contributed by atoms with Gasteiger partial charge in [0.05, 0.1) is 11.9 Å². The van der Waals surface area contributed by atoms with Crippen LogP contribution in [0, 0.1) is 5.92 Å². The van der Waals surface area contributed by atoms with E-state index < -0.39 is 14.8 Å². The van der Waals surface area contributed by atoms with Gasteiger partial charge < -0.3 is 10.1 Å². The summed E-state index contributed by atoms with van der Waals surface area (Å²) in [6.45, 7) is 5.04. The zero-order chi connectivity index (χ0) is 22.4. The van der Waals surface area contributed by atoms with E-state index in [9.17, 15) is 18.0 Å². The van der Waals surface area contributed by atoms with Crippen molar-refractivity contribution in [2.45, 2.75) is 76.5 Å². The van der Waals surface area contributed by atoms with E-state index in [1.807, 2.05) is 24.3 Å². The van der Waals surface area contributed by atoms with Gasteiger partial charge in [-0.1, -0.05) is 12.1 Å². The van der Waals surface area contributed by atoms with Gasteiger partial charge in [-0.05, 0) is 77.0 Å². The van der Waals surface area contributed by atoms with E-state index in [-0.39, 0.29) is 23.8 Å². The Hall–Kier alpha value is -1.93. The quantitative estimate of drug-likeness (QED) is 0.606. The molecule has 7 nitrogen and oxygen atoms in total. The lowest BCUT2D eigenvalue weighted by molar-refractivity contribution is -0.140. The highest BCUT2D eigenvalue weighted by molar-refractivity contribution is 7.90. The van der Waals surface area contributed by atoms with Gasteiger partial charge in [-0.15, -0.1) is 0 Å². The Balaban J connectivity index is 1.79. The molecule has 0 atom stereocenters. The zero-order valence-corrected chi connectivity index (χ0v) is 19.2. The standard InChI is InChI=1S/C22H34N2O5S/c1-22(2,3)30(27,28)24-19-14-10-17(11-15-19)21(26)23-18-12-8-16(9-13-18)6-5-7-20(25)29-4/h8-9,12-13,17,19,24H,5-7,10-11,14-15H2,1-4H3,(H,23,26)/t17-,19-. The molecule has 0 heterocycles. The lowest BCUT2D eigenvalue weighted by atomic mass is 9.86. The Labute approximate surface area is 180 Å². The summed E-state index contributed by atoms with van der Waals surface area (Å²) >= 11 is 0. The average Bonchev–Trinajstić information content (AvgIpc) is 2.68. The Morgan fingerprint density at radius 3 is 2.20 bits per heavy atom. The second-order valence-electron chi connectivity index (χ2n) is 8.90. The van der Waals surface area contributed by atoms with E-state index in [0.29, 0.717) is 32.1 Å². The van der Waals surface area contributed by atoms with Gasteiger partial charge in [-0.3, -0.25) is 9.59 Å². The molecule has 1 aromatic carbocycles. The van der Waals surface area contributed by atoms with Gasteiger partial charge in [-0.2, -0.15) is 0 Å². The Bertz CT molecular complexity index is 820. The van der Waals surface area contributed by atoms with Crippen molar-refractivity contribution in [3.8, 4) is 0 Å². The summed E-state index contributed by atoms with van der Waals surface area (Å²) in [5.41, 5.74) is 1.84. The maximum atomic E-state index is 12.6. The van der Waals surface area contributed by atoms with Crippen LogP contribution in [0.5, 0.6) is 0 Å². The molecule has 1 fully saturated rings. The van der Waals surface area contributed by atoms with Crippen molar-refractivity contribution in [1.29, 1.82) is 0 Å². The number of hydrogen-bond donors (Lipinski definition) is 2. The van der Waals surface area contributed by atoms with E-state index in [0.717, 1.165) is 24.1 Å². The predicted octanol–water partition coefficient (Wildman–Crippen LogP) is 3.40. The maximum absolute atomic E-state index is 12.6. The maximum Gasteiger partial charge on any atom is 0.305 e. The minimum atomic E-state index is -3.38. The number of amides is 1. The summed E-state index contributed by atoms with van der Waals surface area (Å²) in [7, 11) is -1.99. The fourth-order valence-corrected chi connectivity index (χ4v) is 4.44. The smallest absolute Gasteiger partial charge is 0.305 e. The van der Waals surface area contributed by atoms with Crippen LogP contribution in [-0.2, 0) is 30.8 Å². The third-order valence-corrected chi connectivity index (χ3v) is 7.78. The van der Waals surface area contributed by atoms with Crippen molar-refractivity contribution < 1.29 is 22.7 Å². The lowest BCUT2D eigenvalue weighted by Gasteiger charge is -2.30. The first-order valence-electron chi connectivity index (χ1n) is 10.5. The van der Waals surface area contributed by atoms with E-state index in [1.165, 1.54) is 7.11 Å². The molecule has 0 spiro atoms. The van der Waals surface area contributed by atoms with Gasteiger partial charge in [0, 0.05) is 24.1 Å². The molecule has 8 heteroatoms.